The van der Waals surface area contributed by atoms with E-state index in [0.29, 0.717) is 30.8 Å². The first-order valence-corrected chi connectivity index (χ1v) is 8.07. The number of aliphatic hydroxyl groups is 1. The number of nitrogens with one attached hydrogen (secondary N) is 1. The first kappa shape index (κ1) is 17.4. The van der Waals surface area contributed by atoms with E-state index in [0.717, 1.165) is 5.56 Å². The average Bonchev–Trinajstić information content (AvgIpc) is 2.61. The van der Waals surface area contributed by atoms with Crippen molar-refractivity contribution in [3.05, 3.63) is 52.1 Å². The second kappa shape index (κ2) is 7.20. The summed E-state index contributed by atoms with van der Waals surface area (Å²) in [5, 5.41) is 12.2. The zero-order valence-corrected chi connectivity index (χ0v) is 14.0. The lowest BCUT2D eigenvalue weighted by molar-refractivity contribution is 0.176. The highest BCUT2D eigenvalue weighted by molar-refractivity contribution is 6.30. The lowest BCUT2D eigenvalue weighted by atomic mass is 10.1. The maximum absolute atomic E-state index is 13.3. The van der Waals surface area contributed by atoms with E-state index in [2.05, 4.69) is 15.3 Å². The molecule has 3 rings (SSSR count). The molecule has 4 N–H and O–H groups in total. The zero-order chi connectivity index (χ0) is 18.0. The minimum atomic E-state index is -0.692. The second-order valence-corrected chi connectivity index (χ2v) is 6.14. The number of carbonyl (C=O) groups is 1. The summed E-state index contributed by atoms with van der Waals surface area (Å²) in [6, 6.07) is 3.01. The number of hydrogen-bond donors (Lipinski definition) is 3. The number of anilines is 1. The van der Waals surface area contributed by atoms with Gasteiger partial charge in [0.2, 0.25) is 5.95 Å². The number of nitrogens with zero attached hydrogens (tertiary/aromatic N) is 3. The van der Waals surface area contributed by atoms with Gasteiger partial charge in [0, 0.05) is 12.7 Å². The van der Waals surface area contributed by atoms with Crippen molar-refractivity contribution in [2.45, 2.75) is 19.0 Å². The Morgan fingerprint density at radius 2 is 2.32 bits per heavy atom. The van der Waals surface area contributed by atoms with Gasteiger partial charge in [-0.2, -0.15) is 0 Å². The molecule has 0 saturated heterocycles. The van der Waals surface area contributed by atoms with Gasteiger partial charge in [-0.25, -0.2) is 19.2 Å². The molecule has 1 aliphatic heterocycles. The largest absolute Gasteiger partial charge is 0.394 e. The van der Waals surface area contributed by atoms with E-state index in [9.17, 15) is 14.3 Å². The number of carbonyl (C=O) groups excluding carboxylic acids is 1. The molecular formula is C16H17ClFN5O2. The van der Waals surface area contributed by atoms with Gasteiger partial charge in [0.05, 0.1) is 29.9 Å². The first-order valence-electron chi connectivity index (χ1n) is 7.69. The third kappa shape index (κ3) is 3.80. The highest BCUT2D eigenvalue weighted by Gasteiger charge is 2.24. The number of aromatic nitrogens is 2. The van der Waals surface area contributed by atoms with Crippen LogP contribution in [-0.2, 0) is 13.0 Å². The Balaban J connectivity index is 1.71. The average molecular weight is 366 g/mol. The number of urea groups is 1. The fourth-order valence-electron chi connectivity index (χ4n) is 2.70. The van der Waals surface area contributed by atoms with Crippen molar-refractivity contribution in [3.8, 4) is 0 Å². The van der Waals surface area contributed by atoms with Crippen LogP contribution < -0.4 is 11.1 Å². The van der Waals surface area contributed by atoms with Crippen LogP contribution in [0.1, 0.15) is 22.9 Å². The van der Waals surface area contributed by atoms with E-state index in [1.54, 1.807) is 11.1 Å². The van der Waals surface area contributed by atoms with Gasteiger partial charge in [0.15, 0.2) is 0 Å². The van der Waals surface area contributed by atoms with Gasteiger partial charge in [-0.15, -0.1) is 0 Å². The fourth-order valence-corrected chi connectivity index (χ4v) is 2.88. The maximum atomic E-state index is 13.3. The van der Waals surface area contributed by atoms with Crippen molar-refractivity contribution >= 4 is 23.6 Å². The minimum absolute atomic E-state index is 0.0655. The molecule has 0 aliphatic carbocycles. The summed E-state index contributed by atoms with van der Waals surface area (Å²) >= 11 is 5.77. The molecule has 1 atom stereocenters. The van der Waals surface area contributed by atoms with Crippen molar-refractivity contribution in [1.82, 2.24) is 20.2 Å². The molecule has 1 aromatic heterocycles. The van der Waals surface area contributed by atoms with Gasteiger partial charge in [-0.05, 0) is 29.7 Å². The molecule has 1 aromatic carbocycles. The Kier molecular flexibility index (Phi) is 5.00. The second-order valence-electron chi connectivity index (χ2n) is 5.73. The molecule has 0 fully saturated rings. The molecule has 0 radical (unpaired) electrons. The highest BCUT2D eigenvalue weighted by atomic mass is 35.5. The Morgan fingerprint density at radius 1 is 1.52 bits per heavy atom. The predicted octanol–water partition coefficient (Wildman–Crippen LogP) is 1.65. The summed E-state index contributed by atoms with van der Waals surface area (Å²) in [5.41, 5.74) is 7.78. The van der Waals surface area contributed by atoms with E-state index in [-0.39, 0.29) is 23.6 Å². The lowest BCUT2D eigenvalue weighted by Crippen LogP contribution is -2.45. The van der Waals surface area contributed by atoms with Gasteiger partial charge in [0.25, 0.3) is 0 Å². The molecule has 0 unspecified atom stereocenters. The number of fused-ring (bicyclic) bond motifs is 1. The molecule has 132 valence electrons. The zero-order valence-electron chi connectivity index (χ0n) is 13.2. The molecule has 25 heavy (non-hydrogen) atoms. The first-order chi connectivity index (χ1) is 12.0. The number of rotatable bonds is 3. The van der Waals surface area contributed by atoms with E-state index in [1.165, 1.54) is 18.2 Å². The SMILES string of the molecule is Nc1ncc2c(n1)CN(C(=O)N[C@H](CO)c1ccc(F)c(Cl)c1)CC2. The summed E-state index contributed by atoms with van der Waals surface area (Å²) in [6.07, 6.45) is 2.29. The van der Waals surface area contributed by atoms with Crippen molar-refractivity contribution in [1.29, 1.82) is 0 Å². The van der Waals surface area contributed by atoms with E-state index in [4.69, 9.17) is 17.3 Å². The molecule has 0 spiro atoms. The van der Waals surface area contributed by atoms with Crippen molar-refractivity contribution in [2.24, 2.45) is 0 Å². The standard InChI is InChI=1S/C16H17ClFN5O2/c17-11-5-9(1-2-12(11)18)14(8-24)22-16(25)23-4-3-10-6-20-15(19)21-13(10)7-23/h1-2,5-6,14,24H,3-4,7-8H2,(H,22,25)(H2,19,20,21)/t14-/m1/s1. The number of amides is 2. The molecule has 0 saturated carbocycles. The number of nitrogen functional groups attached to an aromatic ring is 1. The Hall–Kier alpha value is -2.45. The van der Waals surface area contributed by atoms with Crippen molar-refractivity contribution < 1.29 is 14.3 Å². The van der Waals surface area contributed by atoms with Crippen LogP contribution in [0, 0.1) is 5.82 Å². The number of nitrogens with two attached hydrogens (primary N) is 1. The van der Waals surface area contributed by atoms with Crippen LogP contribution in [0.5, 0.6) is 0 Å². The minimum Gasteiger partial charge on any atom is -0.394 e. The third-order valence-electron chi connectivity index (χ3n) is 4.08. The number of benzene rings is 1. The maximum Gasteiger partial charge on any atom is 0.318 e. The van der Waals surface area contributed by atoms with Crippen LogP contribution >= 0.6 is 11.6 Å². The molecular weight excluding hydrogens is 349 g/mol. The number of hydrogen-bond acceptors (Lipinski definition) is 5. The van der Waals surface area contributed by atoms with Crippen LogP contribution in [0.4, 0.5) is 15.1 Å². The molecule has 2 aromatic rings. The van der Waals surface area contributed by atoms with Crippen molar-refractivity contribution in [2.75, 3.05) is 18.9 Å². The summed E-state index contributed by atoms with van der Waals surface area (Å²) < 4.78 is 13.3. The van der Waals surface area contributed by atoms with Gasteiger partial charge in [-0.1, -0.05) is 17.7 Å². The van der Waals surface area contributed by atoms with Crippen LogP contribution in [0.3, 0.4) is 0 Å². The summed E-state index contributed by atoms with van der Waals surface area (Å²) in [4.78, 5) is 22.2. The van der Waals surface area contributed by atoms with Gasteiger partial charge < -0.3 is 21.1 Å². The highest BCUT2D eigenvalue weighted by Crippen LogP contribution is 2.22. The summed E-state index contributed by atoms with van der Waals surface area (Å²) in [7, 11) is 0. The molecule has 1 aliphatic rings. The van der Waals surface area contributed by atoms with E-state index in [1.807, 2.05) is 0 Å². The molecule has 9 heteroatoms. The van der Waals surface area contributed by atoms with Crippen LogP contribution in [0.25, 0.3) is 0 Å². The fraction of sp³-hybridized carbons (Fsp3) is 0.312. The van der Waals surface area contributed by atoms with Crippen LogP contribution in [0.15, 0.2) is 24.4 Å². The Labute approximate surface area is 148 Å². The van der Waals surface area contributed by atoms with Gasteiger partial charge >= 0.3 is 6.03 Å². The molecule has 2 amide bonds. The topological polar surface area (TPSA) is 104 Å². The summed E-state index contributed by atoms with van der Waals surface area (Å²) in [6.45, 7) is 0.456. The van der Waals surface area contributed by atoms with E-state index >= 15 is 0 Å². The number of aliphatic hydroxyl groups excluding tert-OH is 1. The lowest BCUT2D eigenvalue weighted by Gasteiger charge is -2.29. The van der Waals surface area contributed by atoms with Crippen molar-refractivity contribution in [3.63, 3.8) is 0 Å². The Bertz CT molecular complexity index is 804. The molecule has 0 bridgehead atoms. The monoisotopic (exact) mass is 365 g/mol. The Morgan fingerprint density at radius 3 is 3.04 bits per heavy atom. The van der Waals surface area contributed by atoms with Crippen LogP contribution in [-0.4, -0.2) is 39.2 Å². The van der Waals surface area contributed by atoms with E-state index < -0.39 is 11.9 Å². The number of halogens is 2. The predicted molar refractivity (Wildman–Crippen MR) is 90.3 cm³/mol. The molecule has 2 heterocycles. The quantitative estimate of drug-likeness (QED) is 0.767. The molecule has 7 nitrogen and oxygen atoms in total. The van der Waals surface area contributed by atoms with Gasteiger partial charge in [0.1, 0.15) is 5.82 Å². The van der Waals surface area contributed by atoms with Crippen LogP contribution in [0.2, 0.25) is 5.02 Å². The summed E-state index contributed by atoms with van der Waals surface area (Å²) in [5.74, 6) is -0.395. The third-order valence-corrected chi connectivity index (χ3v) is 4.37. The smallest absolute Gasteiger partial charge is 0.318 e. The normalized spacial score (nSPS) is 14.8. The van der Waals surface area contributed by atoms with Gasteiger partial charge in [-0.3, -0.25) is 0 Å².